The molecule has 0 saturated carbocycles. The first-order valence-corrected chi connectivity index (χ1v) is 11.3. The molecule has 6 nitrogen and oxygen atoms in total. The third kappa shape index (κ3) is 4.45. The minimum atomic E-state index is -0.464. The quantitative estimate of drug-likeness (QED) is 0.775. The molecule has 2 aliphatic rings. The van der Waals surface area contributed by atoms with Crippen molar-refractivity contribution in [2.75, 3.05) is 26.8 Å². The maximum atomic E-state index is 13.2. The van der Waals surface area contributed by atoms with Crippen LogP contribution in [0.3, 0.4) is 0 Å². The first-order valence-electron chi connectivity index (χ1n) is 11.3. The molecule has 0 radical (unpaired) electrons. The summed E-state index contributed by atoms with van der Waals surface area (Å²) in [6.45, 7) is 4.99. The Morgan fingerprint density at radius 1 is 1.16 bits per heavy atom. The van der Waals surface area contributed by atoms with Crippen LogP contribution in [0, 0.1) is 13.8 Å². The number of carbonyl (C=O) groups excluding carboxylic acids is 2. The van der Waals surface area contributed by atoms with Crippen LogP contribution in [-0.4, -0.2) is 49.1 Å². The molecule has 0 unspecified atom stereocenters. The van der Waals surface area contributed by atoms with Gasteiger partial charge in [0.1, 0.15) is 11.5 Å². The topological polar surface area (TPSA) is 67.9 Å². The zero-order valence-electron chi connectivity index (χ0n) is 19.1. The molecule has 2 aromatic rings. The lowest BCUT2D eigenvalue weighted by Gasteiger charge is -2.34. The lowest BCUT2D eigenvalue weighted by Crippen LogP contribution is -2.53. The first kappa shape index (κ1) is 22.2. The summed E-state index contributed by atoms with van der Waals surface area (Å²) in [5.74, 6) is 1.55. The molecular weight excluding hydrogens is 404 g/mol. The van der Waals surface area contributed by atoms with E-state index < -0.39 is 5.54 Å². The summed E-state index contributed by atoms with van der Waals surface area (Å²) in [4.78, 5) is 27.6. The number of para-hydroxylation sites is 1. The molecule has 2 amide bonds. The maximum absolute atomic E-state index is 13.2. The van der Waals surface area contributed by atoms with Crippen molar-refractivity contribution in [1.29, 1.82) is 0 Å². The van der Waals surface area contributed by atoms with Crippen molar-refractivity contribution in [3.8, 4) is 11.5 Å². The summed E-state index contributed by atoms with van der Waals surface area (Å²) < 4.78 is 11.4. The average molecular weight is 437 g/mol. The van der Waals surface area contributed by atoms with Crippen LogP contribution < -0.4 is 14.8 Å². The minimum absolute atomic E-state index is 0.00352. The van der Waals surface area contributed by atoms with Gasteiger partial charge in [-0.3, -0.25) is 9.59 Å². The Morgan fingerprint density at radius 2 is 1.91 bits per heavy atom. The molecule has 2 saturated heterocycles. The molecule has 0 bridgehead atoms. The third-order valence-electron chi connectivity index (χ3n) is 6.81. The number of carbonyl (C=O) groups is 2. The highest BCUT2D eigenvalue weighted by atomic mass is 16.5. The Kier molecular flexibility index (Phi) is 6.40. The van der Waals surface area contributed by atoms with Gasteiger partial charge in [0.05, 0.1) is 12.6 Å². The Hall–Kier alpha value is -3.02. The van der Waals surface area contributed by atoms with E-state index in [1.807, 2.05) is 55.1 Å². The molecule has 1 N–H and O–H groups in total. The summed E-state index contributed by atoms with van der Waals surface area (Å²) in [5, 5.41) is 3.30. The Balaban J connectivity index is 1.57. The second kappa shape index (κ2) is 9.23. The second-order valence-electron chi connectivity index (χ2n) is 9.02. The highest BCUT2D eigenvalue weighted by Crippen LogP contribution is 2.41. The monoisotopic (exact) mass is 436 g/mol. The number of likely N-dealkylation sites (tertiary alicyclic amines) is 1. The largest absolute Gasteiger partial charge is 0.497 e. The fraction of sp³-hybridized carbons (Fsp3) is 0.462. The van der Waals surface area contributed by atoms with Crippen molar-refractivity contribution < 1.29 is 19.1 Å². The van der Waals surface area contributed by atoms with Crippen molar-refractivity contribution in [3.63, 3.8) is 0 Å². The van der Waals surface area contributed by atoms with Crippen LogP contribution in [0.15, 0.2) is 42.5 Å². The number of aryl methyl sites for hydroxylation is 2. The number of methoxy groups -OCH3 is 1. The summed E-state index contributed by atoms with van der Waals surface area (Å²) in [6.07, 6.45) is 3.22. The summed E-state index contributed by atoms with van der Waals surface area (Å²) in [6, 6.07) is 13.9. The van der Waals surface area contributed by atoms with Crippen LogP contribution in [0.2, 0.25) is 0 Å². The molecule has 0 aliphatic carbocycles. The highest BCUT2D eigenvalue weighted by Gasteiger charge is 2.49. The van der Waals surface area contributed by atoms with E-state index in [9.17, 15) is 9.59 Å². The van der Waals surface area contributed by atoms with Crippen LogP contribution in [0.4, 0.5) is 0 Å². The van der Waals surface area contributed by atoms with Crippen LogP contribution in [0.1, 0.15) is 48.3 Å². The molecule has 170 valence electrons. The van der Waals surface area contributed by atoms with Gasteiger partial charge >= 0.3 is 0 Å². The normalized spacial score (nSPS) is 23.0. The number of ether oxygens (including phenoxy) is 2. The molecule has 2 fully saturated rings. The van der Waals surface area contributed by atoms with Gasteiger partial charge in [-0.1, -0.05) is 36.8 Å². The van der Waals surface area contributed by atoms with Crippen LogP contribution in [-0.2, 0) is 9.59 Å². The van der Waals surface area contributed by atoms with Gasteiger partial charge in [0.2, 0.25) is 5.91 Å². The SMILES string of the molecule is COc1cccc([C@@H]2CN(C(=O)COc3c(C)cccc3C)C[C@]23CCCCC(=O)N3)c1. The van der Waals surface area contributed by atoms with E-state index in [0.29, 0.717) is 19.5 Å². The predicted molar refractivity (Wildman–Crippen MR) is 123 cm³/mol. The van der Waals surface area contributed by atoms with E-state index in [1.165, 1.54) is 0 Å². The molecule has 32 heavy (non-hydrogen) atoms. The summed E-state index contributed by atoms with van der Waals surface area (Å²) in [7, 11) is 1.65. The Labute approximate surface area is 189 Å². The van der Waals surface area contributed by atoms with Gasteiger partial charge in [0.15, 0.2) is 6.61 Å². The molecular formula is C26H32N2O4. The van der Waals surface area contributed by atoms with Crippen LogP contribution in [0.5, 0.6) is 11.5 Å². The third-order valence-corrected chi connectivity index (χ3v) is 6.81. The molecule has 0 aromatic heterocycles. The van der Waals surface area contributed by atoms with E-state index >= 15 is 0 Å². The zero-order chi connectivity index (χ0) is 22.7. The smallest absolute Gasteiger partial charge is 0.260 e. The summed E-state index contributed by atoms with van der Waals surface area (Å²) in [5.41, 5.74) is 2.65. The molecule has 2 atom stereocenters. The van der Waals surface area contributed by atoms with Crippen molar-refractivity contribution in [1.82, 2.24) is 10.2 Å². The molecule has 4 rings (SSSR count). The van der Waals surface area contributed by atoms with Gasteiger partial charge in [0, 0.05) is 25.4 Å². The van der Waals surface area contributed by atoms with Gasteiger partial charge in [0.25, 0.3) is 5.91 Å². The van der Waals surface area contributed by atoms with Gasteiger partial charge in [-0.05, 0) is 55.5 Å². The highest BCUT2D eigenvalue weighted by molar-refractivity contribution is 5.80. The van der Waals surface area contributed by atoms with Crippen molar-refractivity contribution in [2.24, 2.45) is 0 Å². The van der Waals surface area contributed by atoms with Crippen LogP contribution in [0.25, 0.3) is 0 Å². The van der Waals surface area contributed by atoms with Crippen LogP contribution >= 0.6 is 0 Å². The molecule has 1 spiro atoms. The fourth-order valence-corrected chi connectivity index (χ4v) is 5.14. The number of benzene rings is 2. The Morgan fingerprint density at radius 3 is 2.66 bits per heavy atom. The zero-order valence-corrected chi connectivity index (χ0v) is 19.1. The van der Waals surface area contributed by atoms with Crippen molar-refractivity contribution >= 4 is 11.8 Å². The molecule has 2 aliphatic heterocycles. The fourth-order valence-electron chi connectivity index (χ4n) is 5.14. The maximum Gasteiger partial charge on any atom is 0.260 e. The standard InChI is InChI=1S/C26H32N2O4/c1-18-8-6-9-19(2)25(18)32-16-24(30)28-15-22(20-10-7-11-21(14-20)31-3)26(17-28)13-5-4-12-23(29)27-26/h6-11,14,22H,4-5,12-13,15-17H2,1-3H3,(H,27,29)/t22-,26+/m0/s1. The number of hydrogen-bond donors (Lipinski definition) is 1. The van der Waals surface area contributed by atoms with E-state index in [-0.39, 0.29) is 24.3 Å². The number of nitrogens with zero attached hydrogens (tertiary/aromatic N) is 1. The molecule has 6 heteroatoms. The lowest BCUT2D eigenvalue weighted by molar-refractivity contribution is -0.133. The van der Waals surface area contributed by atoms with E-state index in [4.69, 9.17) is 9.47 Å². The first-order chi connectivity index (χ1) is 15.4. The second-order valence-corrected chi connectivity index (χ2v) is 9.02. The predicted octanol–water partition coefficient (Wildman–Crippen LogP) is 3.75. The van der Waals surface area contributed by atoms with Gasteiger partial charge in [-0.15, -0.1) is 0 Å². The van der Waals surface area contributed by atoms with Crippen molar-refractivity contribution in [2.45, 2.75) is 51.0 Å². The number of hydrogen-bond acceptors (Lipinski definition) is 4. The van der Waals surface area contributed by atoms with Crippen molar-refractivity contribution in [3.05, 3.63) is 59.2 Å². The Bertz CT molecular complexity index is 985. The van der Waals surface area contributed by atoms with Gasteiger partial charge in [-0.2, -0.15) is 0 Å². The summed E-state index contributed by atoms with van der Waals surface area (Å²) >= 11 is 0. The molecule has 2 aromatic carbocycles. The average Bonchev–Trinajstić information content (AvgIpc) is 3.04. The number of nitrogens with one attached hydrogen (secondary N) is 1. The van der Waals surface area contributed by atoms with E-state index in [1.54, 1.807) is 7.11 Å². The van der Waals surface area contributed by atoms with E-state index in [0.717, 1.165) is 47.5 Å². The van der Waals surface area contributed by atoms with Gasteiger partial charge in [-0.25, -0.2) is 0 Å². The van der Waals surface area contributed by atoms with Gasteiger partial charge < -0.3 is 19.7 Å². The minimum Gasteiger partial charge on any atom is -0.497 e. The number of amides is 2. The number of rotatable bonds is 5. The molecule has 2 heterocycles. The van der Waals surface area contributed by atoms with E-state index in [2.05, 4.69) is 11.4 Å². The lowest BCUT2D eigenvalue weighted by atomic mass is 9.79.